The maximum Gasteiger partial charge on any atom is 0.337 e. The first-order valence-corrected chi connectivity index (χ1v) is 6.36. The van der Waals surface area contributed by atoms with Crippen LogP contribution in [0.25, 0.3) is 0 Å². The van der Waals surface area contributed by atoms with Crippen molar-refractivity contribution >= 4 is 23.2 Å². The van der Waals surface area contributed by atoms with Crippen LogP contribution in [0.5, 0.6) is 0 Å². The number of hydrogen-bond acceptors (Lipinski definition) is 5. The third-order valence-electron chi connectivity index (χ3n) is 2.77. The molecule has 8 heteroatoms. The highest BCUT2D eigenvalue weighted by Gasteiger charge is 2.30. The first-order valence-electron chi connectivity index (χ1n) is 5.54. The largest absolute Gasteiger partial charge is 0.479 e. The number of carboxylic acid groups (broad SMARTS) is 1. The average molecular weight is 288 g/mol. The van der Waals surface area contributed by atoms with Gasteiger partial charge in [-0.1, -0.05) is 11.3 Å². The Labute approximate surface area is 113 Å². The van der Waals surface area contributed by atoms with E-state index in [0.717, 1.165) is 23.1 Å². The number of rotatable bonds is 5. The molecule has 1 aromatic rings. The summed E-state index contributed by atoms with van der Waals surface area (Å²) >= 11 is 1.05. The second-order valence-electron chi connectivity index (χ2n) is 4.45. The summed E-state index contributed by atoms with van der Waals surface area (Å²) < 4.78 is 1.31. The molecule has 1 atom stereocenters. The molecule has 1 aromatic heterocycles. The molecule has 0 spiro atoms. The number of carboxylic acids is 1. The summed E-state index contributed by atoms with van der Waals surface area (Å²) in [5, 5.41) is 20.4. The highest BCUT2D eigenvalue weighted by atomic mass is 32.1. The van der Waals surface area contributed by atoms with E-state index in [1.807, 2.05) is 0 Å². The summed E-state index contributed by atoms with van der Waals surface area (Å²) in [5.41, 5.74) is -1.32. The summed E-state index contributed by atoms with van der Waals surface area (Å²) in [6.45, 7) is 3.99. The molecule has 1 rings (SSSR count). The van der Waals surface area contributed by atoms with Crippen molar-refractivity contribution in [3.05, 3.63) is 20.2 Å². The quantitative estimate of drug-likeness (QED) is 0.675. The van der Waals surface area contributed by atoms with E-state index < -0.39 is 24.0 Å². The Morgan fingerprint density at radius 3 is 2.42 bits per heavy atom. The molecule has 0 aromatic carbocycles. The van der Waals surface area contributed by atoms with Crippen molar-refractivity contribution in [1.82, 2.24) is 9.88 Å². The Morgan fingerprint density at radius 2 is 2.00 bits per heavy atom. The molecule has 0 aliphatic heterocycles. The zero-order valence-electron chi connectivity index (χ0n) is 10.9. The van der Waals surface area contributed by atoms with Gasteiger partial charge in [-0.3, -0.25) is 14.2 Å². The van der Waals surface area contributed by atoms with Gasteiger partial charge >= 0.3 is 10.8 Å². The fourth-order valence-electron chi connectivity index (χ4n) is 1.32. The van der Waals surface area contributed by atoms with E-state index in [2.05, 4.69) is 5.32 Å². The van der Waals surface area contributed by atoms with Crippen molar-refractivity contribution in [2.75, 3.05) is 6.54 Å². The van der Waals surface area contributed by atoms with Gasteiger partial charge in [0.2, 0.25) is 5.91 Å². The van der Waals surface area contributed by atoms with Gasteiger partial charge in [0.15, 0.2) is 5.60 Å². The van der Waals surface area contributed by atoms with Gasteiger partial charge in [-0.15, -0.1) is 0 Å². The number of thiazole rings is 1. The molecule has 1 amide bonds. The standard InChI is InChI=1S/C11H16N2O5S/c1-6-7(2)19-10(17)13(6)4-8(14)12-5-11(3,18)9(15)16/h18H,4-5H2,1-3H3,(H,12,14)(H,15,16). The lowest BCUT2D eigenvalue weighted by Gasteiger charge is -2.18. The molecule has 0 radical (unpaired) electrons. The van der Waals surface area contributed by atoms with Crippen LogP contribution in [0.2, 0.25) is 0 Å². The Bertz CT molecular complexity index is 558. The molecule has 106 valence electrons. The molecule has 0 aliphatic rings. The number of aryl methyl sites for hydroxylation is 1. The summed E-state index contributed by atoms with van der Waals surface area (Å²) in [4.78, 5) is 34.4. The molecule has 7 nitrogen and oxygen atoms in total. The lowest BCUT2D eigenvalue weighted by Crippen LogP contribution is -2.47. The fraction of sp³-hybridized carbons (Fsp3) is 0.545. The summed E-state index contributed by atoms with van der Waals surface area (Å²) in [6, 6.07) is 0. The molecule has 0 bridgehead atoms. The molecule has 0 aliphatic carbocycles. The third kappa shape index (κ3) is 3.65. The summed E-state index contributed by atoms with van der Waals surface area (Å²) in [5.74, 6) is -1.95. The Morgan fingerprint density at radius 1 is 1.42 bits per heavy atom. The number of aliphatic carboxylic acids is 1. The second kappa shape index (κ2) is 5.54. The van der Waals surface area contributed by atoms with E-state index in [4.69, 9.17) is 5.11 Å². The van der Waals surface area contributed by atoms with Gasteiger partial charge in [-0.05, 0) is 20.8 Å². The van der Waals surface area contributed by atoms with E-state index in [1.54, 1.807) is 13.8 Å². The molecule has 3 N–H and O–H groups in total. The van der Waals surface area contributed by atoms with E-state index in [0.29, 0.717) is 5.69 Å². The van der Waals surface area contributed by atoms with Crippen molar-refractivity contribution in [2.24, 2.45) is 0 Å². The number of aliphatic hydroxyl groups is 1. The van der Waals surface area contributed by atoms with E-state index in [-0.39, 0.29) is 11.4 Å². The van der Waals surface area contributed by atoms with Crippen molar-refractivity contribution in [2.45, 2.75) is 32.9 Å². The number of carbonyl (C=O) groups is 2. The van der Waals surface area contributed by atoms with Crippen LogP contribution in [-0.4, -0.2) is 38.8 Å². The lowest BCUT2D eigenvalue weighted by molar-refractivity contribution is -0.156. The second-order valence-corrected chi connectivity index (χ2v) is 5.62. The van der Waals surface area contributed by atoms with Crippen molar-refractivity contribution in [3.8, 4) is 0 Å². The predicted octanol–water partition coefficient (Wildman–Crippen LogP) is -0.522. The summed E-state index contributed by atoms with van der Waals surface area (Å²) in [7, 11) is 0. The van der Waals surface area contributed by atoms with Crippen LogP contribution >= 0.6 is 11.3 Å². The SMILES string of the molecule is Cc1sc(=O)n(CC(=O)NCC(C)(O)C(=O)O)c1C. The minimum Gasteiger partial charge on any atom is -0.479 e. The van der Waals surface area contributed by atoms with Crippen LogP contribution in [0.4, 0.5) is 0 Å². The van der Waals surface area contributed by atoms with Gasteiger partial charge in [-0.25, -0.2) is 4.79 Å². The third-order valence-corrected chi connectivity index (χ3v) is 3.76. The smallest absolute Gasteiger partial charge is 0.337 e. The molecular formula is C11H16N2O5S. The van der Waals surface area contributed by atoms with Crippen molar-refractivity contribution in [3.63, 3.8) is 0 Å². The summed E-state index contributed by atoms with van der Waals surface area (Å²) in [6.07, 6.45) is 0. The van der Waals surface area contributed by atoms with Crippen LogP contribution in [0.1, 0.15) is 17.5 Å². The zero-order chi connectivity index (χ0) is 14.8. The molecular weight excluding hydrogens is 272 g/mol. The zero-order valence-corrected chi connectivity index (χ0v) is 11.7. The Kier molecular flexibility index (Phi) is 4.48. The van der Waals surface area contributed by atoms with Crippen molar-refractivity contribution in [1.29, 1.82) is 0 Å². The Hall–Kier alpha value is -1.67. The molecule has 1 unspecified atom stereocenters. The first-order chi connectivity index (χ1) is 8.65. The number of amides is 1. The Balaban J connectivity index is 2.67. The van der Waals surface area contributed by atoms with E-state index >= 15 is 0 Å². The van der Waals surface area contributed by atoms with Crippen LogP contribution in [-0.2, 0) is 16.1 Å². The number of nitrogens with zero attached hydrogens (tertiary/aromatic N) is 1. The maximum atomic E-state index is 11.6. The monoisotopic (exact) mass is 288 g/mol. The van der Waals surface area contributed by atoms with Gasteiger partial charge in [0.1, 0.15) is 6.54 Å². The van der Waals surface area contributed by atoms with Crippen molar-refractivity contribution < 1.29 is 19.8 Å². The minimum atomic E-state index is -2.03. The fourth-order valence-corrected chi connectivity index (χ4v) is 2.15. The van der Waals surface area contributed by atoms with Crippen LogP contribution in [0.15, 0.2) is 4.79 Å². The first kappa shape index (κ1) is 15.4. The molecule has 0 fully saturated rings. The molecule has 0 saturated heterocycles. The highest BCUT2D eigenvalue weighted by molar-refractivity contribution is 7.09. The van der Waals surface area contributed by atoms with Gasteiger partial charge in [0.25, 0.3) is 0 Å². The van der Waals surface area contributed by atoms with Gasteiger partial charge in [-0.2, -0.15) is 0 Å². The normalized spacial score (nSPS) is 13.9. The van der Waals surface area contributed by atoms with Gasteiger partial charge in [0, 0.05) is 10.6 Å². The van der Waals surface area contributed by atoms with E-state index in [9.17, 15) is 19.5 Å². The van der Waals surface area contributed by atoms with Gasteiger partial charge in [0.05, 0.1) is 6.54 Å². The van der Waals surface area contributed by atoms with Crippen LogP contribution in [0, 0.1) is 13.8 Å². The average Bonchev–Trinajstić information content (AvgIpc) is 2.53. The van der Waals surface area contributed by atoms with E-state index in [1.165, 1.54) is 4.57 Å². The number of hydrogen-bond donors (Lipinski definition) is 3. The van der Waals surface area contributed by atoms with Gasteiger partial charge < -0.3 is 15.5 Å². The predicted molar refractivity (Wildman–Crippen MR) is 69.3 cm³/mol. The minimum absolute atomic E-state index is 0.190. The van der Waals surface area contributed by atoms with Crippen LogP contribution in [0.3, 0.4) is 0 Å². The number of aromatic nitrogens is 1. The number of carbonyl (C=O) groups excluding carboxylic acids is 1. The highest BCUT2D eigenvalue weighted by Crippen LogP contribution is 2.09. The topological polar surface area (TPSA) is 109 Å². The maximum absolute atomic E-state index is 11.6. The molecule has 0 saturated carbocycles. The van der Waals surface area contributed by atoms with Crippen LogP contribution < -0.4 is 10.2 Å². The lowest BCUT2D eigenvalue weighted by atomic mass is 10.1. The molecule has 1 heterocycles. The molecule has 19 heavy (non-hydrogen) atoms. The number of nitrogens with one attached hydrogen (secondary N) is 1.